The molecule has 0 spiro atoms. The Hall–Kier alpha value is -2.86. The molecule has 0 bridgehead atoms. The van der Waals surface area contributed by atoms with Crippen LogP contribution < -0.4 is 0 Å². The predicted molar refractivity (Wildman–Crippen MR) is 103 cm³/mol. The van der Waals surface area contributed by atoms with Crippen molar-refractivity contribution in [3.8, 4) is 5.75 Å². The van der Waals surface area contributed by atoms with Gasteiger partial charge in [-0.2, -0.15) is 0 Å². The third kappa shape index (κ3) is 5.31. The molecule has 0 saturated carbocycles. The van der Waals surface area contributed by atoms with E-state index in [4.69, 9.17) is 4.84 Å². The maximum Gasteiger partial charge on any atom is 0.307 e. The molecule has 1 heterocycles. The number of aliphatic carboxylic acids is 1. The average molecular weight is 368 g/mol. The average Bonchev–Trinajstić information content (AvgIpc) is 2.69. The van der Waals surface area contributed by atoms with Crippen LogP contribution in [0.2, 0.25) is 0 Å². The van der Waals surface area contributed by atoms with Crippen LogP contribution in [-0.4, -0.2) is 53.0 Å². The van der Waals surface area contributed by atoms with Gasteiger partial charge in [0.2, 0.25) is 0 Å². The maximum absolute atomic E-state index is 11.2. The number of rotatable bonds is 7. The first-order valence-corrected chi connectivity index (χ1v) is 9.13. The number of oxime groups is 1. The molecule has 1 aliphatic heterocycles. The number of aromatic hydroxyl groups is 1. The molecule has 1 aliphatic rings. The number of hydrogen-bond acceptors (Lipinski definition) is 5. The number of phenols is 1. The van der Waals surface area contributed by atoms with Crippen molar-refractivity contribution in [2.75, 3.05) is 26.2 Å². The van der Waals surface area contributed by atoms with Crippen LogP contribution in [0.4, 0.5) is 0 Å². The number of carbonyl (C=O) groups is 1. The third-order valence-electron chi connectivity index (χ3n) is 4.68. The van der Waals surface area contributed by atoms with E-state index < -0.39 is 5.97 Å². The Balaban J connectivity index is 1.65. The van der Waals surface area contributed by atoms with Crippen molar-refractivity contribution in [1.29, 1.82) is 0 Å². The fraction of sp³-hybridized carbons (Fsp3) is 0.333. The van der Waals surface area contributed by atoms with Crippen molar-refractivity contribution in [2.45, 2.75) is 12.8 Å². The van der Waals surface area contributed by atoms with E-state index in [9.17, 15) is 15.0 Å². The highest BCUT2D eigenvalue weighted by Gasteiger charge is 2.25. The summed E-state index contributed by atoms with van der Waals surface area (Å²) in [5, 5.41) is 23.3. The SMILES string of the molecule is O=C(O)C1CCCN(CCO/N=C(\c2ccccc2)c2cccc(O)c2)C1. The smallest absolute Gasteiger partial charge is 0.307 e. The second-order valence-corrected chi connectivity index (χ2v) is 6.67. The zero-order chi connectivity index (χ0) is 19.1. The standard InChI is InChI=1S/C21H24N2O4/c24-19-10-4-8-17(14-19)20(16-6-2-1-3-7-16)22-27-13-12-23-11-5-9-18(15-23)21(25)26/h1-4,6-8,10,14,18,24H,5,9,11-13,15H2,(H,25,26)/b22-20+. The molecule has 1 unspecified atom stereocenters. The molecule has 27 heavy (non-hydrogen) atoms. The van der Waals surface area contributed by atoms with E-state index in [2.05, 4.69) is 10.1 Å². The number of piperidine rings is 1. The molecule has 2 aromatic carbocycles. The molecule has 6 heteroatoms. The van der Waals surface area contributed by atoms with Crippen molar-refractivity contribution in [2.24, 2.45) is 11.1 Å². The maximum atomic E-state index is 11.2. The topological polar surface area (TPSA) is 82.4 Å². The lowest BCUT2D eigenvalue weighted by Crippen LogP contribution is -2.40. The van der Waals surface area contributed by atoms with Gasteiger partial charge >= 0.3 is 5.97 Å². The lowest BCUT2D eigenvalue weighted by atomic mass is 9.98. The Morgan fingerprint density at radius 1 is 1.15 bits per heavy atom. The van der Waals surface area contributed by atoms with Gasteiger partial charge in [-0.25, -0.2) is 0 Å². The molecule has 0 amide bonds. The summed E-state index contributed by atoms with van der Waals surface area (Å²) in [5.74, 6) is -0.854. The Morgan fingerprint density at radius 3 is 2.67 bits per heavy atom. The Kier molecular flexibility index (Phi) is 6.44. The zero-order valence-electron chi connectivity index (χ0n) is 15.1. The predicted octanol–water partition coefficient (Wildman–Crippen LogP) is 2.96. The van der Waals surface area contributed by atoms with Gasteiger partial charge in [0, 0.05) is 24.2 Å². The minimum absolute atomic E-state index is 0.171. The number of carboxylic acids is 1. The second kappa shape index (κ2) is 9.19. The third-order valence-corrected chi connectivity index (χ3v) is 4.68. The van der Waals surface area contributed by atoms with Crippen LogP contribution >= 0.6 is 0 Å². The van der Waals surface area contributed by atoms with Crippen molar-refractivity contribution in [3.05, 3.63) is 65.7 Å². The van der Waals surface area contributed by atoms with Gasteiger partial charge in [-0.05, 0) is 31.5 Å². The van der Waals surface area contributed by atoms with Gasteiger partial charge in [-0.1, -0.05) is 47.6 Å². The van der Waals surface area contributed by atoms with E-state index in [1.165, 1.54) is 0 Å². The van der Waals surface area contributed by atoms with E-state index in [0.717, 1.165) is 30.5 Å². The molecular weight excluding hydrogens is 344 g/mol. The second-order valence-electron chi connectivity index (χ2n) is 6.67. The minimum atomic E-state index is -0.728. The lowest BCUT2D eigenvalue weighted by molar-refractivity contribution is -0.143. The normalized spacial score (nSPS) is 18.2. The molecule has 0 aliphatic carbocycles. The number of likely N-dealkylation sites (tertiary alicyclic amines) is 1. The van der Waals surface area contributed by atoms with Crippen molar-refractivity contribution < 1.29 is 19.8 Å². The molecule has 6 nitrogen and oxygen atoms in total. The summed E-state index contributed by atoms with van der Waals surface area (Å²) in [4.78, 5) is 18.8. The quantitative estimate of drug-likeness (QED) is 0.446. The Morgan fingerprint density at radius 2 is 1.93 bits per heavy atom. The van der Waals surface area contributed by atoms with Gasteiger partial charge in [-0.3, -0.25) is 9.69 Å². The van der Waals surface area contributed by atoms with Crippen LogP contribution in [0.25, 0.3) is 0 Å². The van der Waals surface area contributed by atoms with Gasteiger partial charge in [0.05, 0.1) is 5.92 Å². The van der Waals surface area contributed by atoms with E-state index >= 15 is 0 Å². The van der Waals surface area contributed by atoms with Gasteiger partial charge in [0.1, 0.15) is 18.1 Å². The Bertz CT molecular complexity index is 792. The van der Waals surface area contributed by atoms with Crippen LogP contribution in [-0.2, 0) is 9.63 Å². The number of benzene rings is 2. The van der Waals surface area contributed by atoms with Gasteiger partial charge in [-0.15, -0.1) is 0 Å². The van der Waals surface area contributed by atoms with Crippen molar-refractivity contribution in [1.82, 2.24) is 4.90 Å². The largest absolute Gasteiger partial charge is 0.508 e. The Labute approximate surface area is 158 Å². The molecular formula is C21H24N2O4. The molecule has 142 valence electrons. The van der Waals surface area contributed by atoms with Crippen LogP contribution in [0.15, 0.2) is 59.8 Å². The fourth-order valence-electron chi connectivity index (χ4n) is 3.26. The molecule has 0 radical (unpaired) electrons. The van der Waals surface area contributed by atoms with Crippen LogP contribution in [0.5, 0.6) is 5.75 Å². The van der Waals surface area contributed by atoms with E-state index in [1.807, 2.05) is 36.4 Å². The monoisotopic (exact) mass is 368 g/mol. The van der Waals surface area contributed by atoms with Gasteiger partial charge < -0.3 is 15.1 Å². The van der Waals surface area contributed by atoms with Gasteiger partial charge in [0.15, 0.2) is 0 Å². The van der Waals surface area contributed by atoms with Crippen molar-refractivity contribution >= 4 is 11.7 Å². The molecule has 1 atom stereocenters. The summed E-state index contributed by atoms with van der Waals surface area (Å²) >= 11 is 0. The summed E-state index contributed by atoms with van der Waals surface area (Å²) in [6.45, 7) is 2.45. The highest BCUT2D eigenvalue weighted by Crippen LogP contribution is 2.18. The number of hydrogen-bond donors (Lipinski definition) is 2. The van der Waals surface area contributed by atoms with Gasteiger partial charge in [0.25, 0.3) is 0 Å². The summed E-state index contributed by atoms with van der Waals surface area (Å²) in [6, 6.07) is 16.6. The summed E-state index contributed by atoms with van der Waals surface area (Å²) in [5.41, 5.74) is 2.31. The first-order chi connectivity index (χ1) is 13.1. The fourth-order valence-corrected chi connectivity index (χ4v) is 3.26. The zero-order valence-corrected chi connectivity index (χ0v) is 15.1. The molecule has 1 saturated heterocycles. The van der Waals surface area contributed by atoms with Crippen molar-refractivity contribution in [3.63, 3.8) is 0 Å². The molecule has 2 N–H and O–H groups in total. The van der Waals surface area contributed by atoms with E-state index in [0.29, 0.717) is 25.4 Å². The van der Waals surface area contributed by atoms with Crippen LogP contribution in [0.1, 0.15) is 24.0 Å². The molecule has 0 aromatic heterocycles. The molecule has 3 rings (SSSR count). The number of phenolic OH excluding ortho intramolecular Hbond substituents is 1. The first kappa shape index (κ1) is 18.9. The number of carboxylic acid groups (broad SMARTS) is 1. The molecule has 1 fully saturated rings. The summed E-state index contributed by atoms with van der Waals surface area (Å²) in [6.07, 6.45) is 1.62. The summed E-state index contributed by atoms with van der Waals surface area (Å²) < 4.78 is 0. The van der Waals surface area contributed by atoms with E-state index in [1.54, 1.807) is 18.2 Å². The van der Waals surface area contributed by atoms with Crippen LogP contribution in [0, 0.1) is 5.92 Å². The highest BCUT2D eigenvalue weighted by atomic mass is 16.6. The van der Waals surface area contributed by atoms with Crippen LogP contribution in [0.3, 0.4) is 0 Å². The number of nitrogens with zero attached hydrogens (tertiary/aromatic N) is 2. The first-order valence-electron chi connectivity index (χ1n) is 9.13. The summed E-state index contributed by atoms with van der Waals surface area (Å²) in [7, 11) is 0. The minimum Gasteiger partial charge on any atom is -0.508 e. The van der Waals surface area contributed by atoms with E-state index in [-0.39, 0.29) is 11.7 Å². The lowest BCUT2D eigenvalue weighted by Gasteiger charge is -2.29. The molecule has 2 aromatic rings. The highest BCUT2D eigenvalue weighted by molar-refractivity contribution is 6.12.